The van der Waals surface area contributed by atoms with Crippen LogP contribution in [0.5, 0.6) is 5.75 Å². The number of carbonyl (C=O) groups is 4. The maximum atomic E-state index is 13.3. The minimum Gasteiger partial charge on any atom is -0.497 e. The summed E-state index contributed by atoms with van der Waals surface area (Å²) in [6.07, 6.45) is -2.53. The Morgan fingerprint density at radius 1 is 1.08 bits per heavy atom. The first-order chi connectivity index (χ1) is 18.2. The minimum absolute atomic E-state index is 0.00713. The summed E-state index contributed by atoms with van der Waals surface area (Å²) in [6, 6.07) is 7.01. The third kappa shape index (κ3) is 5.65. The van der Waals surface area contributed by atoms with E-state index in [2.05, 4.69) is 10.5 Å². The summed E-state index contributed by atoms with van der Waals surface area (Å²) in [7, 11) is 1.55. The third-order valence-corrected chi connectivity index (χ3v) is 7.54. The largest absolute Gasteiger partial charge is 0.497 e. The van der Waals surface area contributed by atoms with Crippen molar-refractivity contribution in [3.8, 4) is 5.75 Å². The lowest BCUT2D eigenvalue weighted by Gasteiger charge is -2.45. The molecule has 0 aromatic heterocycles. The molecule has 0 bridgehead atoms. The molecule has 2 saturated carbocycles. The zero-order valence-electron chi connectivity index (χ0n) is 21.4. The molecule has 0 radical (unpaired) electrons. The number of carbonyl (C=O) groups excluding carboxylic acids is 4. The highest BCUT2D eigenvalue weighted by molar-refractivity contribution is 6.06. The van der Waals surface area contributed by atoms with Gasteiger partial charge in [-0.15, -0.1) is 0 Å². The van der Waals surface area contributed by atoms with Gasteiger partial charge in [0.15, 0.2) is 0 Å². The maximum Gasteiger partial charge on any atom is 0.428 e. The summed E-state index contributed by atoms with van der Waals surface area (Å²) >= 11 is 0. The molecule has 3 amide bonds. The fraction of sp³-hybridized carbons (Fsp3) is 0.577. The lowest BCUT2D eigenvalue weighted by atomic mass is 9.60. The second-order valence-electron chi connectivity index (χ2n) is 9.68. The van der Waals surface area contributed by atoms with Gasteiger partial charge >= 0.3 is 12.1 Å². The Morgan fingerprint density at radius 3 is 2.47 bits per heavy atom. The van der Waals surface area contributed by atoms with Gasteiger partial charge < -0.3 is 24.4 Å². The van der Waals surface area contributed by atoms with Crippen LogP contribution in [-0.4, -0.2) is 77.2 Å². The molecule has 206 valence electrons. The number of nitrogens with one attached hydrogen (secondary N) is 1. The lowest BCUT2D eigenvalue weighted by Crippen LogP contribution is -2.55. The van der Waals surface area contributed by atoms with Gasteiger partial charge in [0.1, 0.15) is 12.4 Å². The first-order valence-electron chi connectivity index (χ1n) is 12.7. The Hall–Kier alpha value is -3.51. The van der Waals surface area contributed by atoms with E-state index in [1.165, 1.54) is 0 Å². The number of hydrazone groups is 1. The fourth-order valence-electron chi connectivity index (χ4n) is 5.74. The molecule has 0 spiro atoms. The fourth-order valence-corrected chi connectivity index (χ4v) is 5.74. The quantitative estimate of drug-likeness (QED) is 0.252. The van der Waals surface area contributed by atoms with Gasteiger partial charge in [0.05, 0.1) is 44.2 Å². The van der Waals surface area contributed by atoms with Crippen LogP contribution in [0.25, 0.3) is 0 Å². The Labute approximate surface area is 219 Å². The normalized spacial score (nSPS) is 29.5. The summed E-state index contributed by atoms with van der Waals surface area (Å²) < 4.78 is 15.2. The zero-order chi connectivity index (χ0) is 27.4. The molecule has 3 N–H and O–H groups in total. The van der Waals surface area contributed by atoms with Crippen LogP contribution in [-0.2, 0) is 30.5 Å². The number of aliphatic hydroxyl groups excluding tert-OH is 2. The highest BCUT2D eigenvalue weighted by Crippen LogP contribution is 2.49. The van der Waals surface area contributed by atoms with Crippen molar-refractivity contribution >= 4 is 29.6 Å². The lowest BCUT2D eigenvalue weighted by molar-refractivity contribution is -0.145. The van der Waals surface area contributed by atoms with E-state index in [4.69, 9.17) is 14.2 Å². The summed E-state index contributed by atoms with van der Waals surface area (Å²) in [5.41, 5.74) is 3.52. The van der Waals surface area contributed by atoms with E-state index >= 15 is 0 Å². The smallest absolute Gasteiger partial charge is 0.428 e. The van der Waals surface area contributed by atoms with Gasteiger partial charge in [0.2, 0.25) is 11.8 Å². The average Bonchev–Trinajstić information content (AvgIpc) is 3.16. The monoisotopic (exact) mass is 531 g/mol. The first-order valence-corrected chi connectivity index (χ1v) is 12.7. The van der Waals surface area contributed by atoms with Gasteiger partial charge in [-0.2, -0.15) is 5.10 Å². The van der Waals surface area contributed by atoms with E-state index in [1.807, 2.05) is 0 Å². The van der Waals surface area contributed by atoms with E-state index in [1.54, 1.807) is 38.3 Å². The molecule has 38 heavy (non-hydrogen) atoms. The highest BCUT2D eigenvalue weighted by Gasteiger charge is 2.59. The van der Waals surface area contributed by atoms with Gasteiger partial charge in [-0.3, -0.25) is 19.3 Å². The Balaban J connectivity index is 1.42. The minimum atomic E-state index is -1.24. The molecule has 0 unspecified atom stereocenters. The van der Waals surface area contributed by atoms with E-state index < -0.39 is 53.8 Å². The zero-order valence-corrected chi connectivity index (χ0v) is 21.4. The molecule has 2 aliphatic carbocycles. The Morgan fingerprint density at radius 2 is 1.79 bits per heavy atom. The van der Waals surface area contributed by atoms with E-state index in [0.717, 1.165) is 10.5 Å². The highest BCUT2D eigenvalue weighted by atomic mass is 16.6. The van der Waals surface area contributed by atoms with Crippen molar-refractivity contribution in [2.75, 3.05) is 20.3 Å². The van der Waals surface area contributed by atoms with E-state index in [9.17, 15) is 29.4 Å². The second kappa shape index (κ2) is 11.9. The number of ether oxygens (including phenoxy) is 3. The molecular weight excluding hydrogens is 498 g/mol. The second-order valence-corrected chi connectivity index (χ2v) is 9.68. The van der Waals surface area contributed by atoms with Crippen LogP contribution in [0.4, 0.5) is 4.79 Å². The number of hydrogen-bond acceptors (Lipinski definition) is 10. The first kappa shape index (κ1) is 27.5. The van der Waals surface area contributed by atoms with Crippen molar-refractivity contribution in [2.45, 2.75) is 51.4 Å². The molecule has 1 aliphatic heterocycles. The molecule has 4 rings (SSSR count). The SMILES string of the molecule is CCOC(=O)CCN1C(=O)[C@@H]2[C@H]3[C@H](O)[C@H](O)CC(=NNC(=O)OCc4ccc(OC)cc4)[C@@H]3CC[C@H]2C1=O. The molecule has 1 heterocycles. The Bertz CT molecular complexity index is 1090. The number of nitrogens with zero attached hydrogens (tertiary/aromatic N) is 2. The number of amides is 3. The molecule has 6 atom stereocenters. The predicted molar refractivity (Wildman–Crippen MR) is 132 cm³/mol. The third-order valence-electron chi connectivity index (χ3n) is 7.54. The van der Waals surface area contributed by atoms with Crippen LogP contribution in [0, 0.1) is 23.7 Å². The molecule has 3 fully saturated rings. The number of benzene rings is 1. The van der Waals surface area contributed by atoms with Crippen molar-refractivity contribution in [1.82, 2.24) is 10.3 Å². The number of fused-ring (bicyclic) bond motifs is 3. The van der Waals surface area contributed by atoms with Crippen molar-refractivity contribution in [3.05, 3.63) is 29.8 Å². The van der Waals surface area contributed by atoms with Crippen molar-refractivity contribution < 1.29 is 43.6 Å². The predicted octanol–water partition coefficient (Wildman–Crippen LogP) is 0.984. The molecular formula is C26H33N3O9. The van der Waals surface area contributed by atoms with Crippen LogP contribution in [0.15, 0.2) is 29.4 Å². The maximum absolute atomic E-state index is 13.3. The van der Waals surface area contributed by atoms with Crippen molar-refractivity contribution in [2.24, 2.45) is 28.8 Å². The average molecular weight is 532 g/mol. The molecule has 3 aliphatic rings. The number of aliphatic hydroxyl groups is 2. The topological polar surface area (TPSA) is 164 Å². The van der Waals surface area contributed by atoms with Gasteiger partial charge in [-0.1, -0.05) is 12.1 Å². The molecule has 1 aromatic carbocycles. The molecule has 12 heteroatoms. The van der Waals surface area contributed by atoms with Gasteiger partial charge in [0.25, 0.3) is 0 Å². The molecule has 1 aromatic rings. The van der Waals surface area contributed by atoms with Gasteiger partial charge in [-0.25, -0.2) is 10.2 Å². The number of likely N-dealkylation sites (tertiary alicyclic amines) is 1. The van der Waals surface area contributed by atoms with Crippen LogP contribution in [0.1, 0.15) is 38.2 Å². The number of esters is 1. The van der Waals surface area contributed by atoms with Crippen LogP contribution in [0.3, 0.4) is 0 Å². The van der Waals surface area contributed by atoms with Crippen molar-refractivity contribution in [3.63, 3.8) is 0 Å². The van der Waals surface area contributed by atoms with Crippen LogP contribution >= 0.6 is 0 Å². The van der Waals surface area contributed by atoms with Crippen LogP contribution in [0.2, 0.25) is 0 Å². The Kier molecular flexibility index (Phi) is 8.62. The van der Waals surface area contributed by atoms with Gasteiger partial charge in [-0.05, 0) is 37.5 Å². The summed E-state index contributed by atoms with van der Waals surface area (Å²) in [6.45, 7) is 1.78. The van der Waals surface area contributed by atoms with E-state index in [0.29, 0.717) is 24.3 Å². The number of rotatable bonds is 8. The number of imide groups is 1. The standard InChI is InChI=1S/C26H33N3O9/c1-3-37-20(31)10-11-29-24(33)17-9-8-16-18(12-19(30)23(32)21(16)22(17)25(29)34)27-28-26(35)38-13-14-4-6-15(36-2)7-5-14/h4-7,16-17,19,21-23,30,32H,3,8-13H2,1-2H3,(H,28,35)/t16-,17+,19+,21-,22-,23+/m0/s1. The number of methoxy groups -OCH3 is 1. The van der Waals surface area contributed by atoms with Gasteiger partial charge in [0, 0.05) is 30.5 Å². The number of hydrogen-bond donors (Lipinski definition) is 3. The van der Waals surface area contributed by atoms with E-state index in [-0.39, 0.29) is 38.5 Å². The van der Waals surface area contributed by atoms with Crippen LogP contribution < -0.4 is 10.2 Å². The molecule has 1 saturated heterocycles. The summed E-state index contributed by atoms with van der Waals surface area (Å²) in [5, 5.41) is 25.6. The molecule has 12 nitrogen and oxygen atoms in total. The van der Waals surface area contributed by atoms with Crippen molar-refractivity contribution in [1.29, 1.82) is 0 Å². The summed E-state index contributed by atoms with van der Waals surface area (Å²) in [4.78, 5) is 51.4. The summed E-state index contributed by atoms with van der Waals surface area (Å²) in [5.74, 6) is -3.34.